The first kappa shape index (κ1) is 14.5. The molecular formula is C18H20N3O+. The summed E-state index contributed by atoms with van der Waals surface area (Å²) in [6, 6.07) is 17.4. The quantitative estimate of drug-likeness (QED) is 0.800. The number of nitrogens with zero attached hydrogens (tertiary/aromatic N) is 2. The minimum absolute atomic E-state index is 0.0110. The monoisotopic (exact) mass is 294 g/mol. The summed E-state index contributed by atoms with van der Waals surface area (Å²) < 4.78 is 1.74. The summed E-state index contributed by atoms with van der Waals surface area (Å²) in [5.41, 5.74) is 1.60. The standard InChI is InChI=1S/C18H19N3O/c1-3-19-13(2)17-20-16-12-8-7-11-15(16)18(22)21(17)14-9-5-4-6-10-14/h4-13,19H,3H2,1-2H3/p+1/t13-/m0/s1. The topological polar surface area (TPSA) is 51.5 Å². The molecule has 2 N–H and O–H groups in total. The maximum absolute atomic E-state index is 13.0. The van der Waals surface area contributed by atoms with Crippen LogP contribution in [0.25, 0.3) is 16.6 Å². The highest BCUT2D eigenvalue weighted by molar-refractivity contribution is 5.77. The summed E-state index contributed by atoms with van der Waals surface area (Å²) in [6.07, 6.45) is 0. The zero-order valence-corrected chi connectivity index (χ0v) is 12.9. The number of fused-ring (bicyclic) bond motifs is 1. The Hall–Kier alpha value is -2.46. The fourth-order valence-electron chi connectivity index (χ4n) is 2.74. The molecule has 0 fully saturated rings. The Morgan fingerprint density at radius 2 is 1.77 bits per heavy atom. The Morgan fingerprint density at radius 1 is 1.09 bits per heavy atom. The average molecular weight is 294 g/mol. The number of benzene rings is 2. The van der Waals surface area contributed by atoms with Crippen LogP contribution >= 0.6 is 0 Å². The summed E-state index contributed by atoms with van der Waals surface area (Å²) in [7, 11) is 0. The minimum Gasteiger partial charge on any atom is -0.338 e. The molecule has 0 unspecified atom stereocenters. The van der Waals surface area contributed by atoms with Gasteiger partial charge in [0.1, 0.15) is 6.04 Å². The van der Waals surface area contributed by atoms with E-state index in [-0.39, 0.29) is 11.6 Å². The Morgan fingerprint density at radius 3 is 2.50 bits per heavy atom. The molecule has 0 aliphatic heterocycles. The summed E-state index contributed by atoms with van der Waals surface area (Å²) in [4.78, 5) is 17.7. The summed E-state index contributed by atoms with van der Waals surface area (Å²) in [6.45, 7) is 5.13. The highest BCUT2D eigenvalue weighted by Gasteiger charge is 2.19. The van der Waals surface area contributed by atoms with Crippen LogP contribution in [-0.4, -0.2) is 16.1 Å². The maximum atomic E-state index is 13.0. The van der Waals surface area contributed by atoms with E-state index in [1.807, 2.05) is 54.6 Å². The van der Waals surface area contributed by atoms with Crippen LogP contribution in [0.2, 0.25) is 0 Å². The van der Waals surface area contributed by atoms with E-state index in [1.54, 1.807) is 4.57 Å². The van der Waals surface area contributed by atoms with Crippen molar-refractivity contribution in [3.8, 4) is 5.69 Å². The summed E-state index contributed by atoms with van der Waals surface area (Å²) >= 11 is 0. The molecule has 0 spiro atoms. The lowest BCUT2D eigenvalue weighted by Gasteiger charge is -2.17. The molecule has 1 heterocycles. The van der Waals surface area contributed by atoms with Crippen molar-refractivity contribution in [2.75, 3.05) is 6.54 Å². The second kappa shape index (κ2) is 6.12. The molecule has 22 heavy (non-hydrogen) atoms. The highest BCUT2D eigenvalue weighted by atomic mass is 16.1. The molecule has 4 heteroatoms. The van der Waals surface area contributed by atoms with Gasteiger partial charge >= 0.3 is 0 Å². The summed E-state index contributed by atoms with van der Waals surface area (Å²) in [5, 5.41) is 2.83. The third-order valence-electron chi connectivity index (χ3n) is 3.81. The van der Waals surface area contributed by atoms with Crippen molar-refractivity contribution in [1.29, 1.82) is 0 Å². The Bertz CT molecular complexity index is 840. The first-order chi connectivity index (χ1) is 10.7. The number of para-hydroxylation sites is 2. The molecule has 0 saturated carbocycles. The molecular weight excluding hydrogens is 274 g/mol. The fourth-order valence-corrected chi connectivity index (χ4v) is 2.74. The first-order valence-electron chi connectivity index (χ1n) is 7.62. The zero-order chi connectivity index (χ0) is 15.5. The predicted molar refractivity (Wildman–Crippen MR) is 88.2 cm³/mol. The number of nitrogens with two attached hydrogens (primary N) is 1. The molecule has 0 saturated heterocycles. The van der Waals surface area contributed by atoms with Crippen LogP contribution in [0.1, 0.15) is 25.7 Å². The van der Waals surface area contributed by atoms with Crippen LogP contribution in [0.5, 0.6) is 0 Å². The van der Waals surface area contributed by atoms with Gasteiger partial charge in [0.2, 0.25) is 0 Å². The normalized spacial score (nSPS) is 12.5. The molecule has 3 rings (SSSR count). The number of aromatic nitrogens is 2. The Balaban J connectivity index is 2.34. The zero-order valence-electron chi connectivity index (χ0n) is 12.9. The lowest BCUT2D eigenvalue weighted by Crippen LogP contribution is -2.84. The van der Waals surface area contributed by atoms with Crippen molar-refractivity contribution in [2.45, 2.75) is 19.9 Å². The number of hydrogen-bond acceptors (Lipinski definition) is 2. The van der Waals surface area contributed by atoms with E-state index in [2.05, 4.69) is 19.2 Å². The molecule has 3 aromatic rings. The van der Waals surface area contributed by atoms with Gasteiger partial charge in [-0.25, -0.2) is 4.98 Å². The molecule has 0 aliphatic rings. The lowest BCUT2D eigenvalue weighted by atomic mass is 10.2. The van der Waals surface area contributed by atoms with Gasteiger partial charge in [-0.05, 0) is 38.1 Å². The van der Waals surface area contributed by atoms with Crippen molar-refractivity contribution in [1.82, 2.24) is 9.55 Å². The van der Waals surface area contributed by atoms with E-state index >= 15 is 0 Å². The van der Waals surface area contributed by atoms with Gasteiger partial charge in [0.25, 0.3) is 5.56 Å². The van der Waals surface area contributed by atoms with Crippen LogP contribution in [0.4, 0.5) is 0 Å². The van der Waals surface area contributed by atoms with Crippen LogP contribution in [-0.2, 0) is 0 Å². The van der Waals surface area contributed by atoms with Gasteiger partial charge in [0.05, 0.1) is 23.1 Å². The Kier molecular flexibility index (Phi) is 4.02. The van der Waals surface area contributed by atoms with Crippen molar-refractivity contribution >= 4 is 10.9 Å². The Labute approximate surface area is 129 Å². The molecule has 1 aromatic heterocycles. The smallest absolute Gasteiger partial charge is 0.266 e. The molecule has 4 nitrogen and oxygen atoms in total. The van der Waals surface area contributed by atoms with Crippen LogP contribution in [0, 0.1) is 0 Å². The second-order valence-corrected chi connectivity index (χ2v) is 5.40. The molecule has 0 radical (unpaired) electrons. The van der Waals surface area contributed by atoms with E-state index in [0.29, 0.717) is 5.39 Å². The van der Waals surface area contributed by atoms with E-state index < -0.39 is 0 Å². The lowest BCUT2D eigenvalue weighted by molar-refractivity contribution is -0.691. The maximum Gasteiger partial charge on any atom is 0.266 e. The van der Waals surface area contributed by atoms with Crippen molar-refractivity contribution in [3.63, 3.8) is 0 Å². The van der Waals surface area contributed by atoms with E-state index in [9.17, 15) is 4.79 Å². The predicted octanol–water partition coefficient (Wildman–Crippen LogP) is 2.03. The van der Waals surface area contributed by atoms with Crippen molar-refractivity contribution in [3.05, 3.63) is 70.8 Å². The van der Waals surface area contributed by atoms with Gasteiger partial charge in [-0.1, -0.05) is 30.3 Å². The van der Waals surface area contributed by atoms with E-state index in [0.717, 1.165) is 23.6 Å². The molecule has 0 aliphatic carbocycles. The second-order valence-electron chi connectivity index (χ2n) is 5.40. The van der Waals surface area contributed by atoms with Crippen molar-refractivity contribution in [2.24, 2.45) is 0 Å². The van der Waals surface area contributed by atoms with Gasteiger partial charge in [-0.2, -0.15) is 0 Å². The largest absolute Gasteiger partial charge is 0.338 e. The summed E-state index contributed by atoms with van der Waals surface area (Å²) in [5.74, 6) is 0.789. The van der Waals surface area contributed by atoms with E-state index in [4.69, 9.17) is 4.98 Å². The first-order valence-corrected chi connectivity index (χ1v) is 7.62. The third kappa shape index (κ3) is 2.53. The minimum atomic E-state index is -0.0110. The van der Waals surface area contributed by atoms with Crippen LogP contribution in [0.3, 0.4) is 0 Å². The SMILES string of the molecule is CC[NH2+][C@@H](C)c1nc2ccccc2c(=O)n1-c1ccccc1. The van der Waals surface area contributed by atoms with Gasteiger partial charge in [0.15, 0.2) is 5.82 Å². The molecule has 2 aromatic carbocycles. The van der Waals surface area contributed by atoms with Gasteiger partial charge in [-0.3, -0.25) is 9.36 Å². The molecule has 1 atom stereocenters. The number of quaternary nitrogens is 1. The van der Waals surface area contributed by atoms with Gasteiger partial charge in [-0.15, -0.1) is 0 Å². The van der Waals surface area contributed by atoms with Gasteiger partial charge in [0, 0.05) is 0 Å². The van der Waals surface area contributed by atoms with Gasteiger partial charge < -0.3 is 5.32 Å². The third-order valence-corrected chi connectivity index (χ3v) is 3.81. The molecule has 0 bridgehead atoms. The van der Waals surface area contributed by atoms with Crippen molar-refractivity contribution < 1.29 is 5.32 Å². The van der Waals surface area contributed by atoms with Crippen LogP contribution < -0.4 is 10.9 Å². The molecule has 112 valence electrons. The van der Waals surface area contributed by atoms with Crippen LogP contribution in [0.15, 0.2) is 59.4 Å². The molecule has 0 amide bonds. The average Bonchev–Trinajstić information content (AvgIpc) is 2.56. The number of rotatable bonds is 4. The highest BCUT2D eigenvalue weighted by Crippen LogP contribution is 2.15. The fraction of sp³-hybridized carbons (Fsp3) is 0.222. The van der Waals surface area contributed by atoms with E-state index in [1.165, 1.54) is 0 Å². The number of hydrogen-bond donors (Lipinski definition) is 1.